The summed E-state index contributed by atoms with van der Waals surface area (Å²) in [6.07, 6.45) is -2.46. The number of rotatable bonds is 1. The first-order chi connectivity index (χ1) is 7.66. The molecule has 0 atom stereocenters. The molecular formula is C14H19F3. The lowest BCUT2D eigenvalue weighted by Crippen LogP contribution is -2.36. The van der Waals surface area contributed by atoms with Crippen molar-refractivity contribution >= 4 is 0 Å². The minimum absolute atomic E-state index is 0.301. The molecule has 0 aliphatic rings. The Morgan fingerprint density at radius 3 is 1.71 bits per heavy atom. The van der Waals surface area contributed by atoms with E-state index in [4.69, 9.17) is 0 Å². The van der Waals surface area contributed by atoms with E-state index in [0.29, 0.717) is 5.56 Å². The van der Waals surface area contributed by atoms with Gasteiger partial charge < -0.3 is 0 Å². The van der Waals surface area contributed by atoms with Crippen LogP contribution < -0.4 is 0 Å². The van der Waals surface area contributed by atoms with Crippen molar-refractivity contribution in [2.24, 2.45) is 0 Å². The normalized spacial score (nSPS) is 11.5. The maximum atomic E-state index is 12.6. The van der Waals surface area contributed by atoms with Gasteiger partial charge in [-0.15, -0.1) is 6.58 Å². The first-order valence-corrected chi connectivity index (χ1v) is 5.37. The monoisotopic (exact) mass is 244 g/mol. The quantitative estimate of drug-likeness (QED) is 0.608. The Kier molecular flexibility index (Phi) is 5.46. The van der Waals surface area contributed by atoms with Crippen LogP contribution in [-0.2, 0) is 5.41 Å². The number of benzene rings is 1. The lowest BCUT2D eigenvalue weighted by Gasteiger charge is -2.28. The first-order valence-electron chi connectivity index (χ1n) is 5.37. The lowest BCUT2D eigenvalue weighted by molar-refractivity contribution is -0.180. The van der Waals surface area contributed by atoms with Crippen LogP contribution in [0.15, 0.2) is 36.9 Å². The van der Waals surface area contributed by atoms with Crippen LogP contribution in [0.1, 0.15) is 31.9 Å². The highest BCUT2D eigenvalue weighted by Crippen LogP contribution is 2.40. The zero-order valence-corrected chi connectivity index (χ0v) is 10.7. The predicted octanol–water partition coefficient (Wildman–Crippen LogP) is 5.03. The summed E-state index contributed by atoms with van der Waals surface area (Å²) in [6.45, 7) is 9.49. The molecule has 0 N–H and O–H groups in total. The molecule has 0 amide bonds. The van der Waals surface area contributed by atoms with Crippen molar-refractivity contribution in [3.63, 3.8) is 0 Å². The van der Waals surface area contributed by atoms with Gasteiger partial charge in [0.05, 0.1) is 5.41 Å². The van der Waals surface area contributed by atoms with Crippen molar-refractivity contribution in [3.8, 4) is 0 Å². The van der Waals surface area contributed by atoms with Gasteiger partial charge in [0.25, 0.3) is 0 Å². The van der Waals surface area contributed by atoms with Crippen LogP contribution in [0.2, 0.25) is 0 Å². The molecule has 0 aliphatic heterocycles. The topological polar surface area (TPSA) is 0 Å². The second-order valence-corrected chi connectivity index (χ2v) is 4.40. The van der Waals surface area contributed by atoms with E-state index in [1.165, 1.54) is 26.0 Å². The van der Waals surface area contributed by atoms with Gasteiger partial charge in [0.1, 0.15) is 0 Å². The first kappa shape index (κ1) is 15.8. The summed E-state index contributed by atoms with van der Waals surface area (Å²) >= 11 is 0. The van der Waals surface area contributed by atoms with Crippen LogP contribution in [0.4, 0.5) is 13.2 Å². The molecule has 0 fully saturated rings. The third-order valence-electron chi connectivity index (χ3n) is 2.48. The van der Waals surface area contributed by atoms with Crippen molar-refractivity contribution in [2.75, 3.05) is 0 Å². The van der Waals surface area contributed by atoms with Gasteiger partial charge in [-0.1, -0.05) is 35.9 Å². The second kappa shape index (κ2) is 5.89. The predicted molar refractivity (Wildman–Crippen MR) is 66.1 cm³/mol. The van der Waals surface area contributed by atoms with Crippen LogP contribution in [0.25, 0.3) is 0 Å². The minimum atomic E-state index is -4.21. The highest BCUT2D eigenvalue weighted by molar-refractivity contribution is 5.28. The standard InChI is InChI=1S/C11H13F3.C3H6/c1-8-4-6-9(7-5-8)10(2,3)11(12,13)14;1-3-2/h4-7H,1-3H3;3H,1H2,2H3. The average molecular weight is 244 g/mol. The van der Waals surface area contributed by atoms with Crippen molar-refractivity contribution < 1.29 is 13.2 Å². The molecule has 0 bridgehead atoms. The third-order valence-corrected chi connectivity index (χ3v) is 2.48. The lowest BCUT2D eigenvalue weighted by atomic mass is 9.84. The van der Waals surface area contributed by atoms with Gasteiger partial charge >= 0.3 is 6.18 Å². The molecule has 96 valence electrons. The van der Waals surface area contributed by atoms with E-state index < -0.39 is 11.6 Å². The maximum absolute atomic E-state index is 12.6. The zero-order chi connectivity index (χ0) is 13.7. The Morgan fingerprint density at radius 2 is 1.41 bits per heavy atom. The van der Waals surface area contributed by atoms with Crippen LogP contribution in [0, 0.1) is 6.92 Å². The van der Waals surface area contributed by atoms with Gasteiger partial charge in [-0.25, -0.2) is 0 Å². The molecule has 1 aromatic carbocycles. The van der Waals surface area contributed by atoms with Crippen LogP contribution >= 0.6 is 0 Å². The summed E-state index contributed by atoms with van der Waals surface area (Å²) in [5.41, 5.74) is -0.511. The Bertz CT molecular complexity index is 345. The summed E-state index contributed by atoms with van der Waals surface area (Å²) in [7, 11) is 0. The van der Waals surface area contributed by atoms with Crippen molar-refractivity contribution in [1.82, 2.24) is 0 Å². The molecule has 0 aromatic heterocycles. The molecule has 0 saturated heterocycles. The number of hydrogen-bond acceptors (Lipinski definition) is 0. The molecule has 0 radical (unpaired) electrons. The second-order valence-electron chi connectivity index (χ2n) is 4.40. The SMILES string of the molecule is C=CC.Cc1ccc(C(C)(C)C(F)(F)F)cc1. The van der Waals surface area contributed by atoms with E-state index in [1.54, 1.807) is 18.2 Å². The van der Waals surface area contributed by atoms with Crippen molar-refractivity contribution in [1.29, 1.82) is 0 Å². The number of hydrogen-bond donors (Lipinski definition) is 0. The summed E-state index contributed by atoms with van der Waals surface area (Å²) in [6, 6.07) is 6.46. The third kappa shape index (κ3) is 4.25. The average Bonchev–Trinajstić information content (AvgIpc) is 2.17. The largest absolute Gasteiger partial charge is 0.397 e. The Balaban J connectivity index is 0.000000770. The molecular weight excluding hydrogens is 225 g/mol. The van der Waals surface area contributed by atoms with E-state index in [0.717, 1.165) is 5.56 Å². The number of allylic oxidation sites excluding steroid dienone is 1. The highest BCUT2D eigenvalue weighted by atomic mass is 19.4. The van der Waals surface area contributed by atoms with Gasteiger partial charge in [0.15, 0.2) is 0 Å². The highest BCUT2D eigenvalue weighted by Gasteiger charge is 2.48. The van der Waals surface area contributed by atoms with Gasteiger partial charge in [-0.05, 0) is 33.3 Å². The van der Waals surface area contributed by atoms with E-state index in [2.05, 4.69) is 6.58 Å². The summed E-state index contributed by atoms with van der Waals surface area (Å²) in [5.74, 6) is 0. The molecule has 3 heteroatoms. The van der Waals surface area contributed by atoms with Crippen LogP contribution in [0.3, 0.4) is 0 Å². The fourth-order valence-corrected chi connectivity index (χ4v) is 1.13. The van der Waals surface area contributed by atoms with Gasteiger partial charge in [0.2, 0.25) is 0 Å². The molecule has 0 spiro atoms. The minimum Gasteiger partial charge on any atom is -0.170 e. The smallest absolute Gasteiger partial charge is 0.170 e. The summed E-state index contributed by atoms with van der Waals surface area (Å²) in [5, 5.41) is 0. The molecule has 1 aromatic rings. The summed E-state index contributed by atoms with van der Waals surface area (Å²) < 4.78 is 37.9. The molecule has 0 nitrogen and oxygen atoms in total. The number of aryl methyl sites for hydroxylation is 1. The van der Waals surface area contributed by atoms with Gasteiger partial charge in [0, 0.05) is 0 Å². The van der Waals surface area contributed by atoms with Crippen molar-refractivity contribution in [2.45, 2.75) is 39.3 Å². The number of halogens is 3. The van der Waals surface area contributed by atoms with E-state index in [-0.39, 0.29) is 0 Å². The Morgan fingerprint density at radius 1 is 1.06 bits per heavy atom. The van der Waals surface area contributed by atoms with Crippen LogP contribution in [-0.4, -0.2) is 6.18 Å². The Labute approximate surface area is 101 Å². The molecule has 0 heterocycles. The fourth-order valence-electron chi connectivity index (χ4n) is 1.13. The fraction of sp³-hybridized carbons (Fsp3) is 0.429. The van der Waals surface area contributed by atoms with Gasteiger partial charge in [-0.2, -0.15) is 13.2 Å². The van der Waals surface area contributed by atoms with E-state index in [1.807, 2.05) is 13.8 Å². The molecule has 17 heavy (non-hydrogen) atoms. The van der Waals surface area contributed by atoms with Crippen molar-refractivity contribution in [3.05, 3.63) is 48.0 Å². The Hall–Kier alpha value is -1.25. The maximum Gasteiger partial charge on any atom is 0.397 e. The number of alkyl halides is 3. The van der Waals surface area contributed by atoms with Gasteiger partial charge in [-0.3, -0.25) is 0 Å². The molecule has 1 rings (SSSR count). The van der Waals surface area contributed by atoms with E-state index >= 15 is 0 Å². The van der Waals surface area contributed by atoms with E-state index in [9.17, 15) is 13.2 Å². The van der Waals surface area contributed by atoms with Crippen LogP contribution in [0.5, 0.6) is 0 Å². The molecule has 0 aliphatic carbocycles. The summed E-state index contributed by atoms with van der Waals surface area (Å²) in [4.78, 5) is 0. The molecule has 0 unspecified atom stereocenters. The molecule has 0 saturated carbocycles. The zero-order valence-electron chi connectivity index (χ0n) is 10.7.